The lowest BCUT2D eigenvalue weighted by Gasteiger charge is -1.96. The molecule has 2 rings (SSSR count). The van der Waals surface area contributed by atoms with E-state index in [1.807, 2.05) is 0 Å². The van der Waals surface area contributed by atoms with Gasteiger partial charge in [-0.3, -0.25) is 0 Å². The molecule has 0 fully saturated rings. The molecule has 0 radical (unpaired) electrons. The smallest absolute Gasteiger partial charge is 0.345 e. The van der Waals surface area contributed by atoms with Crippen LogP contribution in [0.5, 0.6) is 0 Å². The molecule has 0 atom stereocenters. The van der Waals surface area contributed by atoms with Crippen LogP contribution in [0.25, 0.3) is 11.5 Å². The lowest BCUT2D eigenvalue weighted by Crippen LogP contribution is -2.11. The van der Waals surface area contributed by atoms with Crippen LogP contribution in [0.2, 0.25) is 0 Å². The Morgan fingerprint density at radius 3 is 3.08 bits per heavy atom. The first-order chi connectivity index (χ1) is 6.27. The van der Waals surface area contributed by atoms with Gasteiger partial charge in [0.25, 0.3) is 0 Å². The predicted octanol–water partition coefficient (Wildman–Crippen LogP) is 1.17. The van der Waals surface area contributed by atoms with E-state index in [0.717, 1.165) is 6.20 Å². The summed E-state index contributed by atoms with van der Waals surface area (Å²) in [6.45, 7) is 0. The molecule has 0 aliphatic rings. The first-order valence-corrected chi connectivity index (χ1v) is 3.56. The maximum atomic E-state index is 13.0. The van der Waals surface area contributed by atoms with Gasteiger partial charge in [-0.1, -0.05) is 0 Å². The third-order valence-electron chi connectivity index (χ3n) is 1.53. The summed E-state index contributed by atoms with van der Waals surface area (Å²) in [6, 6.07) is 3.15. The fourth-order valence-electron chi connectivity index (χ4n) is 0.979. The Bertz CT molecular complexity index is 461. The summed E-state index contributed by atoms with van der Waals surface area (Å²) in [5, 5.41) is 0. The van der Waals surface area contributed by atoms with Gasteiger partial charge in [0.2, 0.25) is 0 Å². The van der Waals surface area contributed by atoms with Crippen LogP contribution >= 0.6 is 0 Å². The SMILES string of the molecule is O=c1ncc(F)c(-c2ccco2)[nH]1. The highest BCUT2D eigenvalue weighted by atomic mass is 19.1. The lowest BCUT2D eigenvalue weighted by molar-refractivity contribution is 0.561. The first-order valence-electron chi connectivity index (χ1n) is 3.56. The monoisotopic (exact) mass is 180 g/mol. The van der Waals surface area contributed by atoms with E-state index in [9.17, 15) is 9.18 Å². The number of aromatic nitrogens is 2. The number of hydrogen-bond acceptors (Lipinski definition) is 3. The summed E-state index contributed by atoms with van der Waals surface area (Å²) in [5.41, 5.74) is -0.585. The molecule has 0 unspecified atom stereocenters. The third kappa shape index (κ3) is 1.35. The fraction of sp³-hybridized carbons (Fsp3) is 0. The van der Waals surface area contributed by atoms with Gasteiger partial charge in [0.05, 0.1) is 12.5 Å². The molecule has 2 heterocycles. The van der Waals surface area contributed by atoms with Crippen molar-refractivity contribution >= 4 is 0 Å². The number of H-pyrrole nitrogens is 1. The zero-order valence-corrected chi connectivity index (χ0v) is 6.45. The van der Waals surface area contributed by atoms with Crippen LogP contribution in [0.4, 0.5) is 4.39 Å². The predicted molar refractivity (Wildman–Crippen MR) is 42.5 cm³/mol. The number of nitrogens with zero attached hydrogens (tertiary/aromatic N) is 1. The van der Waals surface area contributed by atoms with Gasteiger partial charge in [0, 0.05) is 0 Å². The summed E-state index contributed by atoms with van der Waals surface area (Å²) >= 11 is 0. The standard InChI is InChI=1S/C8H5FN2O2/c9-5-4-10-8(12)11-7(5)6-2-1-3-13-6/h1-4H,(H,10,11,12). The molecule has 0 spiro atoms. The van der Waals surface area contributed by atoms with Crippen LogP contribution in [0.15, 0.2) is 33.8 Å². The Morgan fingerprint density at radius 1 is 1.54 bits per heavy atom. The summed E-state index contributed by atoms with van der Waals surface area (Å²) in [7, 11) is 0. The van der Waals surface area contributed by atoms with Crippen molar-refractivity contribution in [3.63, 3.8) is 0 Å². The van der Waals surface area contributed by atoms with E-state index in [2.05, 4.69) is 9.97 Å². The second-order valence-electron chi connectivity index (χ2n) is 2.39. The molecule has 1 N–H and O–H groups in total. The van der Waals surface area contributed by atoms with Crippen LogP contribution in [-0.2, 0) is 0 Å². The van der Waals surface area contributed by atoms with Crippen molar-refractivity contribution in [1.29, 1.82) is 0 Å². The molecule has 4 nitrogen and oxygen atoms in total. The Kier molecular flexibility index (Phi) is 1.70. The Hall–Kier alpha value is -1.91. The number of aromatic amines is 1. The third-order valence-corrected chi connectivity index (χ3v) is 1.53. The van der Waals surface area contributed by atoms with Crippen LogP contribution in [0.3, 0.4) is 0 Å². The van der Waals surface area contributed by atoms with Gasteiger partial charge in [0.1, 0.15) is 5.69 Å². The van der Waals surface area contributed by atoms with E-state index in [0.29, 0.717) is 0 Å². The zero-order chi connectivity index (χ0) is 9.26. The van der Waals surface area contributed by atoms with E-state index in [1.165, 1.54) is 6.26 Å². The molecule has 0 aromatic carbocycles. The topological polar surface area (TPSA) is 58.9 Å². The molecule has 2 aromatic rings. The van der Waals surface area contributed by atoms with Crippen LogP contribution in [0, 0.1) is 5.82 Å². The van der Waals surface area contributed by atoms with Crippen molar-refractivity contribution in [2.24, 2.45) is 0 Å². The molecule has 2 aromatic heterocycles. The lowest BCUT2D eigenvalue weighted by atomic mass is 10.3. The van der Waals surface area contributed by atoms with Crippen LogP contribution in [0.1, 0.15) is 0 Å². The molecule has 0 saturated heterocycles. The summed E-state index contributed by atoms with van der Waals surface area (Å²) < 4.78 is 18.0. The maximum Gasteiger partial charge on any atom is 0.345 e. The molecule has 13 heavy (non-hydrogen) atoms. The van der Waals surface area contributed by atoms with Crippen molar-refractivity contribution in [3.8, 4) is 11.5 Å². The molecule has 0 bridgehead atoms. The second kappa shape index (κ2) is 2.85. The maximum absolute atomic E-state index is 13.0. The summed E-state index contributed by atoms with van der Waals surface area (Å²) in [6.07, 6.45) is 2.25. The van der Waals surface area contributed by atoms with E-state index >= 15 is 0 Å². The number of nitrogens with one attached hydrogen (secondary N) is 1. The molecule has 0 amide bonds. The highest BCUT2D eigenvalue weighted by Gasteiger charge is 2.08. The van der Waals surface area contributed by atoms with Crippen molar-refractivity contribution in [3.05, 3.63) is 40.9 Å². The minimum Gasteiger partial charge on any atom is -0.463 e. The highest BCUT2D eigenvalue weighted by Crippen LogP contribution is 2.17. The molecular weight excluding hydrogens is 175 g/mol. The average molecular weight is 180 g/mol. The van der Waals surface area contributed by atoms with Gasteiger partial charge >= 0.3 is 5.69 Å². The first kappa shape index (κ1) is 7.72. The number of halogens is 1. The van der Waals surface area contributed by atoms with Crippen LogP contribution < -0.4 is 5.69 Å². The Labute approximate surface area is 72.0 Å². The van der Waals surface area contributed by atoms with Gasteiger partial charge in [0.15, 0.2) is 11.6 Å². The van der Waals surface area contributed by atoms with Gasteiger partial charge in [-0.2, -0.15) is 4.98 Å². The average Bonchev–Trinajstić information content (AvgIpc) is 2.61. The molecule has 0 saturated carbocycles. The van der Waals surface area contributed by atoms with E-state index in [4.69, 9.17) is 4.42 Å². The largest absolute Gasteiger partial charge is 0.463 e. The van der Waals surface area contributed by atoms with Crippen LogP contribution in [-0.4, -0.2) is 9.97 Å². The van der Waals surface area contributed by atoms with Crippen molar-refractivity contribution in [2.45, 2.75) is 0 Å². The molecular formula is C8H5FN2O2. The number of rotatable bonds is 1. The summed E-state index contributed by atoms with van der Waals surface area (Å²) in [4.78, 5) is 16.2. The molecule has 66 valence electrons. The van der Waals surface area contributed by atoms with Gasteiger partial charge in [-0.05, 0) is 12.1 Å². The number of furan rings is 1. The highest BCUT2D eigenvalue weighted by molar-refractivity contribution is 5.51. The summed E-state index contributed by atoms with van der Waals surface area (Å²) in [5.74, 6) is -0.341. The Balaban J connectivity index is 2.64. The minimum absolute atomic E-state index is 0.0185. The van der Waals surface area contributed by atoms with E-state index in [-0.39, 0.29) is 11.5 Å². The molecule has 0 aliphatic carbocycles. The van der Waals surface area contributed by atoms with Crippen molar-refractivity contribution in [1.82, 2.24) is 9.97 Å². The van der Waals surface area contributed by atoms with Crippen molar-refractivity contribution in [2.75, 3.05) is 0 Å². The normalized spacial score (nSPS) is 10.2. The Morgan fingerprint density at radius 2 is 2.38 bits per heavy atom. The molecule has 5 heteroatoms. The van der Waals surface area contributed by atoms with Gasteiger partial charge < -0.3 is 9.40 Å². The van der Waals surface area contributed by atoms with Crippen molar-refractivity contribution < 1.29 is 8.81 Å². The zero-order valence-electron chi connectivity index (χ0n) is 6.45. The van der Waals surface area contributed by atoms with E-state index in [1.54, 1.807) is 12.1 Å². The second-order valence-corrected chi connectivity index (χ2v) is 2.39. The van der Waals surface area contributed by atoms with Gasteiger partial charge in [-0.25, -0.2) is 9.18 Å². The fourth-order valence-corrected chi connectivity index (χ4v) is 0.979. The molecule has 0 aliphatic heterocycles. The van der Waals surface area contributed by atoms with Gasteiger partial charge in [-0.15, -0.1) is 0 Å². The minimum atomic E-state index is -0.616. The number of hydrogen-bond donors (Lipinski definition) is 1. The van der Waals surface area contributed by atoms with E-state index < -0.39 is 11.5 Å². The quantitative estimate of drug-likeness (QED) is 0.716.